The molecule has 12 heavy (non-hydrogen) atoms. The van der Waals surface area contributed by atoms with Crippen LogP contribution in [0, 0.1) is 10.1 Å². The van der Waals surface area contributed by atoms with E-state index in [9.17, 15) is 10.1 Å². The Kier molecular flexibility index (Phi) is 2.39. The minimum absolute atomic E-state index is 0.0732. The van der Waals surface area contributed by atoms with Gasteiger partial charge in [0.25, 0.3) is 0 Å². The van der Waals surface area contributed by atoms with Crippen molar-refractivity contribution in [3.05, 3.63) is 22.0 Å². The maximum absolute atomic E-state index is 10.3. The fourth-order valence-electron chi connectivity index (χ4n) is 0.909. The predicted octanol–water partition coefficient (Wildman–Crippen LogP) is 0.241. The van der Waals surface area contributed by atoms with Crippen molar-refractivity contribution in [1.29, 1.82) is 0 Å². The molecular weight excluding hydrogens is 162 g/mol. The zero-order chi connectivity index (χ0) is 9.14. The number of aliphatic hydroxyl groups is 1. The van der Waals surface area contributed by atoms with Gasteiger partial charge in [-0.15, -0.1) is 0 Å². The first-order valence-corrected chi connectivity index (χ1v) is 3.46. The molecule has 1 rings (SSSR count). The van der Waals surface area contributed by atoms with Gasteiger partial charge in [0, 0.05) is 6.42 Å². The molecule has 0 fully saturated rings. The molecule has 1 heterocycles. The molecule has 1 atom stereocenters. The van der Waals surface area contributed by atoms with Crippen molar-refractivity contribution in [2.24, 2.45) is 0 Å². The van der Waals surface area contributed by atoms with E-state index >= 15 is 0 Å². The molecule has 66 valence electrons. The quantitative estimate of drug-likeness (QED) is 0.503. The second-order valence-electron chi connectivity index (χ2n) is 2.54. The molecule has 6 nitrogen and oxygen atoms in total. The van der Waals surface area contributed by atoms with Gasteiger partial charge in [0.05, 0.1) is 11.0 Å². The van der Waals surface area contributed by atoms with Gasteiger partial charge < -0.3 is 5.11 Å². The minimum atomic E-state index is -0.607. The number of H-pyrrole nitrogens is 1. The van der Waals surface area contributed by atoms with E-state index in [1.165, 1.54) is 0 Å². The number of aromatic amines is 1. The van der Waals surface area contributed by atoms with Gasteiger partial charge in [-0.1, -0.05) is 0 Å². The van der Waals surface area contributed by atoms with E-state index in [1.54, 1.807) is 6.92 Å². The van der Waals surface area contributed by atoms with Crippen LogP contribution in [0.4, 0.5) is 5.69 Å². The lowest BCUT2D eigenvalue weighted by Gasteiger charge is -1.99. The van der Waals surface area contributed by atoms with E-state index in [1.807, 2.05) is 0 Å². The zero-order valence-corrected chi connectivity index (χ0v) is 6.52. The van der Waals surface area contributed by atoms with Gasteiger partial charge in [0.15, 0.2) is 0 Å². The van der Waals surface area contributed by atoms with Crippen LogP contribution in [0.3, 0.4) is 0 Å². The van der Waals surface area contributed by atoms with Crippen LogP contribution in [0.5, 0.6) is 0 Å². The van der Waals surface area contributed by atoms with Crippen molar-refractivity contribution in [1.82, 2.24) is 10.2 Å². The Morgan fingerprint density at radius 1 is 1.92 bits per heavy atom. The Hall–Kier alpha value is -1.43. The number of hydrogen-bond donors (Lipinski definition) is 2. The van der Waals surface area contributed by atoms with Crippen LogP contribution >= 0.6 is 0 Å². The Morgan fingerprint density at radius 2 is 2.58 bits per heavy atom. The zero-order valence-electron chi connectivity index (χ0n) is 6.52. The van der Waals surface area contributed by atoms with Crippen LogP contribution in [0.25, 0.3) is 0 Å². The molecule has 0 saturated carbocycles. The average Bonchev–Trinajstić information content (AvgIpc) is 2.33. The van der Waals surface area contributed by atoms with Crippen LogP contribution in [0.1, 0.15) is 12.6 Å². The van der Waals surface area contributed by atoms with E-state index < -0.39 is 11.0 Å². The highest BCUT2D eigenvalue weighted by molar-refractivity contribution is 5.32. The molecule has 0 bridgehead atoms. The molecule has 0 saturated heterocycles. The lowest BCUT2D eigenvalue weighted by molar-refractivity contribution is -0.385. The van der Waals surface area contributed by atoms with Crippen LogP contribution in [-0.4, -0.2) is 26.3 Å². The summed E-state index contributed by atoms with van der Waals surface area (Å²) in [7, 11) is 0. The minimum Gasteiger partial charge on any atom is -0.393 e. The lowest BCUT2D eigenvalue weighted by Crippen LogP contribution is -2.06. The Bertz CT molecular complexity index is 281. The van der Waals surface area contributed by atoms with Gasteiger partial charge in [-0.25, -0.2) is 0 Å². The summed E-state index contributed by atoms with van der Waals surface area (Å²) in [6.07, 6.45) is 0.748. The molecule has 0 aliphatic carbocycles. The molecule has 0 unspecified atom stereocenters. The van der Waals surface area contributed by atoms with Gasteiger partial charge in [-0.05, 0) is 6.92 Å². The fraction of sp³-hybridized carbons (Fsp3) is 0.500. The Balaban J connectivity index is 2.84. The highest BCUT2D eigenvalue weighted by atomic mass is 16.6. The first-order chi connectivity index (χ1) is 5.61. The average molecular weight is 171 g/mol. The monoisotopic (exact) mass is 171 g/mol. The molecule has 1 aromatic heterocycles. The summed E-state index contributed by atoms with van der Waals surface area (Å²) in [5.41, 5.74) is 0.283. The van der Waals surface area contributed by atoms with Crippen molar-refractivity contribution in [3.8, 4) is 0 Å². The van der Waals surface area contributed by atoms with Gasteiger partial charge in [-0.2, -0.15) is 5.10 Å². The van der Waals surface area contributed by atoms with Crippen LogP contribution in [0.15, 0.2) is 6.20 Å². The van der Waals surface area contributed by atoms with Gasteiger partial charge in [0.1, 0.15) is 11.9 Å². The highest BCUT2D eigenvalue weighted by Gasteiger charge is 2.16. The normalized spacial score (nSPS) is 12.8. The summed E-state index contributed by atoms with van der Waals surface area (Å²) in [5, 5.41) is 25.3. The molecule has 0 aliphatic rings. The fourth-order valence-corrected chi connectivity index (χ4v) is 0.909. The molecule has 0 spiro atoms. The van der Waals surface area contributed by atoms with Crippen LogP contribution < -0.4 is 0 Å². The molecule has 1 aromatic rings. The number of nitrogens with one attached hydrogen (secondary N) is 1. The smallest absolute Gasteiger partial charge is 0.309 e. The summed E-state index contributed by atoms with van der Waals surface area (Å²) in [6.45, 7) is 1.56. The summed E-state index contributed by atoms with van der Waals surface area (Å²) >= 11 is 0. The lowest BCUT2D eigenvalue weighted by atomic mass is 10.2. The number of nitrogens with zero attached hydrogens (tertiary/aromatic N) is 2. The second kappa shape index (κ2) is 3.31. The standard InChI is InChI=1S/C6H9N3O3/c1-4(10)2-5-6(9(11)12)3-7-8-5/h3-4,10H,2H2,1H3,(H,7,8)/t4-/m0/s1. The van der Waals surface area contributed by atoms with Gasteiger partial charge in [-0.3, -0.25) is 15.2 Å². The third-order valence-electron chi connectivity index (χ3n) is 1.39. The number of aromatic nitrogens is 2. The Labute approximate surface area is 68.4 Å². The largest absolute Gasteiger partial charge is 0.393 e. The van der Waals surface area contributed by atoms with E-state index in [-0.39, 0.29) is 12.1 Å². The SMILES string of the molecule is C[C@H](O)Cc1[nH]ncc1[N+](=O)[O-]. The summed E-state index contributed by atoms with van der Waals surface area (Å²) < 4.78 is 0. The van der Waals surface area contributed by atoms with Crippen LogP contribution in [0.2, 0.25) is 0 Å². The summed E-state index contributed by atoms with van der Waals surface area (Å²) in [6, 6.07) is 0. The highest BCUT2D eigenvalue weighted by Crippen LogP contribution is 2.15. The molecular formula is C6H9N3O3. The summed E-state index contributed by atoms with van der Waals surface area (Å²) in [5.74, 6) is 0. The number of rotatable bonds is 3. The van der Waals surface area contributed by atoms with Gasteiger partial charge in [0.2, 0.25) is 0 Å². The third-order valence-corrected chi connectivity index (χ3v) is 1.39. The van der Waals surface area contributed by atoms with Crippen molar-refractivity contribution < 1.29 is 10.0 Å². The van der Waals surface area contributed by atoms with Crippen LogP contribution in [-0.2, 0) is 6.42 Å². The second-order valence-corrected chi connectivity index (χ2v) is 2.54. The maximum Gasteiger partial charge on any atom is 0.309 e. The molecule has 6 heteroatoms. The van der Waals surface area contributed by atoms with Crippen molar-refractivity contribution in [2.45, 2.75) is 19.4 Å². The van der Waals surface area contributed by atoms with E-state index in [0.717, 1.165) is 6.20 Å². The van der Waals surface area contributed by atoms with E-state index in [2.05, 4.69) is 10.2 Å². The first kappa shape index (κ1) is 8.66. The topological polar surface area (TPSA) is 92.0 Å². The van der Waals surface area contributed by atoms with Crippen molar-refractivity contribution in [3.63, 3.8) is 0 Å². The van der Waals surface area contributed by atoms with Crippen molar-refractivity contribution in [2.75, 3.05) is 0 Å². The van der Waals surface area contributed by atoms with E-state index in [4.69, 9.17) is 5.11 Å². The maximum atomic E-state index is 10.3. The Morgan fingerprint density at radius 3 is 3.08 bits per heavy atom. The molecule has 0 amide bonds. The predicted molar refractivity (Wildman–Crippen MR) is 40.6 cm³/mol. The van der Waals surface area contributed by atoms with Gasteiger partial charge >= 0.3 is 5.69 Å². The number of nitro groups is 1. The van der Waals surface area contributed by atoms with E-state index in [0.29, 0.717) is 5.69 Å². The number of hydrogen-bond acceptors (Lipinski definition) is 4. The van der Waals surface area contributed by atoms with Crippen molar-refractivity contribution >= 4 is 5.69 Å². The first-order valence-electron chi connectivity index (χ1n) is 3.46. The molecule has 0 aromatic carbocycles. The molecule has 0 radical (unpaired) electrons. The summed E-state index contributed by atoms with van der Waals surface area (Å²) in [4.78, 5) is 9.80. The third kappa shape index (κ3) is 1.79. The molecule has 2 N–H and O–H groups in total. The molecule has 0 aliphatic heterocycles. The number of aliphatic hydroxyl groups excluding tert-OH is 1.